The number of nitrogens with one attached hydrogen (secondary N) is 1. The summed E-state index contributed by atoms with van der Waals surface area (Å²) in [5, 5.41) is 3.16. The monoisotopic (exact) mass is 511 g/mol. The minimum atomic E-state index is -3.09. The van der Waals surface area contributed by atoms with E-state index in [1.54, 1.807) is 13.8 Å². The lowest BCUT2D eigenvalue weighted by molar-refractivity contribution is 0.157. The molecular weight excluding hydrogens is 481 g/mol. The van der Waals surface area contributed by atoms with Crippen LogP contribution in [0.3, 0.4) is 0 Å². The molecule has 25 heavy (non-hydrogen) atoms. The lowest BCUT2D eigenvalue weighted by atomic mass is 10.2. The van der Waals surface area contributed by atoms with Crippen molar-refractivity contribution in [3.8, 4) is 0 Å². The molecule has 0 aromatic carbocycles. The number of halogens is 1. The quantitative estimate of drug-likeness (QED) is 0.224. The van der Waals surface area contributed by atoms with E-state index in [1.807, 2.05) is 11.8 Å². The van der Waals surface area contributed by atoms with Crippen LogP contribution < -0.4 is 5.32 Å². The third kappa shape index (κ3) is 8.39. The third-order valence-electron chi connectivity index (χ3n) is 3.77. The topological polar surface area (TPSA) is 105 Å². The molecule has 0 aromatic heterocycles. The van der Waals surface area contributed by atoms with Crippen LogP contribution in [0.5, 0.6) is 0 Å². The van der Waals surface area contributed by atoms with Crippen LogP contribution in [-0.2, 0) is 24.4 Å². The Morgan fingerprint density at radius 3 is 2.48 bits per heavy atom. The molecule has 0 amide bonds. The summed E-state index contributed by atoms with van der Waals surface area (Å²) in [7, 11) is -6.11. The first kappa shape index (κ1) is 24.9. The van der Waals surface area contributed by atoms with Crippen molar-refractivity contribution in [2.75, 3.05) is 57.2 Å². The first-order valence-electron chi connectivity index (χ1n) is 7.99. The Kier molecular flexibility index (Phi) is 10.2. The molecule has 0 bridgehead atoms. The Labute approximate surface area is 168 Å². The second-order valence-corrected chi connectivity index (χ2v) is 11.5. The van der Waals surface area contributed by atoms with E-state index in [2.05, 4.69) is 10.3 Å². The molecule has 1 N–H and O–H groups in total. The van der Waals surface area contributed by atoms with E-state index >= 15 is 0 Å². The van der Waals surface area contributed by atoms with Gasteiger partial charge in [-0.1, -0.05) is 0 Å². The molecule has 11 heteroatoms. The SMILES string of the molecule is CCNC(=NCCOCCS(C)(=O)=O)N1CCS(=O)(=O)C(C)(C)C1.I. The number of hydrogen-bond acceptors (Lipinski definition) is 6. The van der Waals surface area contributed by atoms with Crippen molar-refractivity contribution in [2.45, 2.75) is 25.5 Å². The lowest BCUT2D eigenvalue weighted by Crippen LogP contribution is -2.57. The fraction of sp³-hybridized carbons (Fsp3) is 0.929. The van der Waals surface area contributed by atoms with Crippen molar-refractivity contribution in [1.29, 1.82) is 0 Å². The van der Waals surface area contributed by atoms with Gasteiger partial charge in [-0.05, 0) is 20.8 Å². The molecular formula is C14H30IN3O5S2. The van der Waals surface area contributed by atoms with Crippen LogP contribution >= 0.6 is 24.0 Å². The predicted molar refractivity (Wildman–Crippen MR) is 111 cm³/mol. The maximum atomic E-state index is 12.1. The highest BCUT2D eigenvalue weighted by atomic mass is 127. The molecule has 1 aliphatic rings. The first-order valence-corrected chi connectivity index (χ1v) is 11.7. The van der Waals surface area contributed by atoms with Gasteiger partial charge in [0.2, 0.25) is 0 Å². The van der Waals surface area contributed by atoms with Crippen molar-refractivity contribution in [3.63, 3.8) is 0 Å². The fourth-order valence-corrected chi connectivity index (χ4v) is 4.07. The second-order valence-electron chi connectivity index (χ2n) is 6.48. The van der Waals surface area contributed by atoms with E-state index in [9.17, 15) is 16.8 Å². The molecule has 1 heterocycles. The molecule has 0 radical (unpaired) electrons. The Bertz CT molecular complexity index is 647. The number of aliphatic imine (C=N–C) groups is 1. The van der Waals surface area contributed by atoms with Gasteiger partial charge in [-0.3, -0.25) is 4.99 Å². The summed E-state index contributed by atoms with van der Waals surface area (Å²) in [5.41, 5.74) is 0. The molecule has 150 valence electrons. The molecule has 1 fully saturated rings. The maximum Gasteiger partial charge on any atom is 0.194 e. The van der Waals surface area contributed by atoms with Gasteiger partial charge >= 0.3 is 0 Å². The van der Waals surface area contributed by atoms with Crippen molar-refractivity contribution in [1.82, 2.24) is 10.2 Å². The largest absolute Gasteiger partial charge is 0.378 e. The van der Waals surface area contributed by atoms with Crippen LogP contribution in [0.2, 0.25) is 0 Å². The fourth-order valence-electron chi connectivity index (χ4n) is 2.28. The molecule has 0 atom stereocenters. The molecule has 1 aliphatic heterocycles. The third-order valence-corrected chi connectivity index (χ3v) is 7.21. The lowest BCUT2D eigenvalue weighted by Gasteiger charge is -2.39. The molecule has 0 aliphatic carbocycles. The first-order chi connectivity index (χ1) is 11.0. The molecule has 1 saturated heterocycles. The number of ether oxygens (including phenoxy) is 1. The number of hydrogen-bond donors (Lipinski definition) is 1. The maximum absolute atomic E-state index is 12.1. The van der Waals surface area contributed by atoms with Crippen LogP contribution in [0.15, 0.2) is 4.99 Å². The van der Waals surface area contributed by atoms with Gasteiger partial charge < -0.3 is 15.0 Å². The Hall–Kier alpha value is -0.140. The summed E-state index contributed by atoms with van der Waals surface area (Å²) in [6.45, 7) is 7.73. The minimum absolute atomic E-state index is 0. The minimum Gasteiger partial charge on any atom is -0.378 e. The van der Waals surface area contributed by atoms with Gasteiger partial charge in [0.1, 0.15) is 9.84 Å². The molecule has 0 spiro atoms. The zero-order valence-corrected chi connectivity index (χ0v) is 19.3. The highest BCUT2D eigenvalue weighted by Gasteiger charge is 2.40. The van der Waals surface area contributed by atoms with Gasteiger partial charge in [0.05, 0.1) is 36.0 Å². The van der Waals surface area contributed by atoms with Crippen molar-refractivity contribution >= 4 is 49.6 Å². The van der Waals surface area contributed by atoms with Gasteiger partial charge in [0, 0.05) is 25.9 Å². The van der Waals surface area contributed by atoms with Gasteiger partial charge in [0.15, 0.2) is 15.8 Å². The standard InChI is InChI=1S/C14H29N3O5S2.HI/c1-5-15-13(16-6-8-22-9-11-23(4,18)19)17-7-10-24(20,21)14(2,3)12-17;/h5-12H2,1-4H3,(H,15,16);1H. The number of guanidine groups is 1. The van der Waals surface area contributed by atoms with Crippen LogP contribution in [-0.4, -0.2) is 89.6 Å². The zero-order chi connectivity index (χ0) is 18.4. The van der Waals surface area contributed by atoms with Crippen LogP contribution in [0, 0.1) is 0 Å². The van der Waals surface area contributed by atoms with Crippen LogP contribution in [0.4, 0.5) is 0 Å². The number of rotatable bonds is 7. The van der Waals surface area contributed by atoms with Crippen molar-refractivity contribution < 1.29 is 21.6 Å². The second kappa shape index (κ2) is 10.3. The normalized spacial score (nSPS) is 20.0. The van der Waals surface area contributed by atoms with Gasteiger partial charge in [-0.2, -0.15) is 0 Å². The molecule has 0 unspecified atom stereocenters. The van der Waals surface area contributed by atoms with E-state index in [0.29, 0.717) is 38.7 Å². The predicted octanol–water partition coefficient (Wildman–Crippen LogP) is 0.140. The Morgan fingerprint density at radius 2 is 1.96 bits per heavy atom. The van der Waals surface area contributed by atoms with Crippen molar-refractivity contribution in [3.05, 3.63) is 0 Å². The zero-order valence-electron chi connectivity index (χ0n) is 15.3. The Balaban J connectivity index is 0.00000576. The average molecular weight is 511 g/mol. The summed E-state index contributed by atoms with van der Waals surface area (Å²) in [4.78, 5) is 6.39. The number of sulfone groups is 2. The molecule has 0 saturated carbocycles. The number of nitrogens with zero attached hydrogens (tertiary/aromatic N) is 2. The highest BCUT2D eigenvalue weighted by molar-refractivity contribution is 14.0. The van der Waals surface area contributed by atoms with E-state index < -0.39 is 24.4 Å². The molecule has 8 nitrogen and oxygen atoms in total. The van der Waals surface area contributed by atoms with Gasteiger partial charge in [-0.15, -0.1) is 24.0 Å². The average Bonchev–Trinajstić information content (AvgIpc) is 2.43. The van der Waals surface area contributed by atoms with E-state index in [0.717, 1.165) is 0 Å². The summed E-state index contributed by atoms with van der Waals surface area (Å²) >= 11 is 0. The highest BCUT2D eigenvalue weighted by Crippen LogP contribution is 2.23. The summed E-state index contributed by atoms with van der Waals surface area (Å²) in [5.74, 6) is 0.761. The van der Waals surface area contributed by atoms with Crippen molar-refractivity contribution in [2.24, 2.45) is 4.99 Å². The molecule has 1 rings (SSSR count). The van der Waals surface area contributed by atoms with Gasteiger partial charge in [0.25, 0.3) is 0 Å². The van der Waals surface area contributed by atoms with E-state index in [-0.39, 0.29) is 42.1 Å². The molecule has 0 aromatic rings. The van der Waals surface area contributed by atoms with Gasteiger partial charge in [-0.25, -0.2) is 16.8 Å². The van der Waals surface area contributed by atoms with Crippen LogP contribution in [0.25, 0.3) is 0 Å². The smallest absolute Gasteiger partial charge is 0.194 e. The van der Waals surface area contributed by atoms with Crippen LogP contribution in [0.1, 0.15) is 20.8 Å². The van der Waals surface area contributed by atoms with E-state index in [4.69, 9.17) is 4.74 Å². The summed E-state index contributed by atoms with van der Waals surface area (Å²) in [6, 6.07) is 0. The summed E-state index contributed by atoms with van der Waals surface area (Å²) < 4.78 is 50.6. The Morgan fingerprint density at radius 1 is 1.32 bits per heavy atom. The van der Waals surface area contributed by atoms with E-state index in [1.165, 1.54) is 6.26 Å². The summed E-state index contributed by atoms with van der Waals surface area (Å²) in [6.07, 6.45) is 1.17.